The van der Waals surface area contributed by atoms with Gasteiger partial charge in [0.25, 0.3) is 0 Å². The van der Waals surface area contributed by atoms with Crippen molar-refractivity contribution in [2.24, 2.45) is 0 Å². The van der Waals surface area contributed by atoms with Gasteiger partial charge in [-0.05, 0) is 60.2 Å². The third-order valence-corrected chi connectivity index (χ3v) is 5.04. The number of rotatable bonds is 4. The highest BCUT2D eigenvalue weighted by Gasteiger charge is 2.10. The highest BCUT2D eigenvalue weighted by Crippen LogP contribution is 2.26. The molecule has 3 N–H and O–H groups in total. The smallest absolute Gasteiger partial charge is 0.323 e. The largest absolute Gasteiger partial charge is 0.346 e. The zero-order valence-corrected chi connectivity index (χ0v) is 16.4. The lowest BCUT2D eigenvalue weighted by atomic mass is 10.2. The third kappa shape index (κ3) is 3.49. The quantitative estimate of drug-likeness (QED) is 0.342. The zero-order valence-electron chi connectivity index (χ0n) is 17.7. The lowest BCUT2D eigenvalue weighted by molar-refractivity contribution is 0.262. The van der Waals surface area contributed by atoms with Crippen molar-refractivity contribution in [3.63, 3.8) is 0 Å². The predicted molar refractivity (Wildman–Crippen MR) is 121 cm³/mol. The van der Waals surface area contributed by atoms with E-state index in [0.717, 1.165) is 10.8 Å². The molecule has 3 heterocycles. The fraction of sp³-hybridized carbons (Fsp3) is 0.0435. The number of H-pyrrole nitrogens is 1. The standard InChI is InChI=1S/C23H18ClN5O/c24-16-4-6-17(7-5-16)27-23(30)28-20-2-1-3-21-19(20)10-13-29(21)14-15-8-11-25-22-18(15)9-12-26-22/h1-13H,14H2,(H,25,26)(H2,27,28,30)/i14D2. The van der Waals surface area contributed by atoms with E-state index >= 15 is 0 Å². The molecule has 0 saturated carbocycles. The fourth-order valence-electron chi connectivity index (χ4n) is 3.38. The van der Waals surface area contributed by atoms with E-state index in [-0.39, 0.29) is 0 Å². The minimum Gasteiger partial charge on any atom is -0.346 e. The highest BCUT2D eigenvalue weighted by molar-refractivity contribution is 6.30. The molecule has 3 aromatic heterocycles. The summed E-state index contributed by atoms with van der Waals surface area (Å²) in [5, 5.41) is 7.63. The number of pyridine rings is 1. The van der Waals surface area contributed by atoms with E-state index in [2.05, 4.69) is 20.6 Å². The first-order valence-electron chi connectivity index (χ1n) is 10.3. The average Bonchev–Trinajstić information content (AvgIpc) is 3.43. The number of aromatic nitrogens is 3. The Morgan fingerprint density at radius 3 is 2.80 bits per heavy atom. The molecule has 5 rings (SSSR count). The van der Waals surface area contributed by atoms with Gasteiger partial charge in [-0.3, -0.25) is 0 Å². The van der Waals surface area contributed by atoms with Gasteiger partial charge in [-0.1, -0.05) is 17.7 Å². The molecule has 0 radical (unpaired) electrons. The van der Waals surface area contributed by atoms with Crippen molar-refractivity contribution in [3.05, 3.63) is 89.8 Å². The Morgan fingerprint density at radius 1 is 1.07 bits per heavy atom. The Hall–Kier alpha value is -3.77. The molecule has 6 nitrogen and oxygen atoms in total. The number of carbonyl (C=O) groups excluding carboxylic acids is 1. The number of nitrogens with one attached hydrogen (secondary N) is 3. The molecule has 0 atom stereocenters. The molecule has 0 unspecified atom stereocenters. The van der Waals surface area contributed by atoms with E-state index in [1.165, 1.54) is 0 Å². The monoisotopic (exact) mass is 417 g/mol. The first kappa shape index (κ1) is 16.1. The molecular weight excluding hydrogens is 398 g/mol. The number of anilines is 2. The number of hydrogen-bond acceptors (Lipinski definition) is 2. The molecule has 148 valence electrons. The highest BCUT2D eigenvalue weighted by atomic mass is 35.5. The summed E-state index contributed by atoms with van der Waals surface area (Å²) in [5.41, 5.74) is 2.97. The van der Waals surface area contributed by atoms with Crippen molar-refractivity contribution in [1.82, 2.24) is 14.5 Å². The second kappa shape index (κ2) is 7.57. The van der Waals surface area contributed by atoms with Crippen LogP contribution in [0.3, 0.4) is 0 Å². The van der Waals surface area contributed by atoms with Gasteiger partial charge in [0.05, 0.1) is 13.9 Å². The molecule has 0 aliphatic heterocycles. The van der Waals surface area contributed by atoms with Gasteiger partial charge in [0.1, 0.15) is 5.65 Å². The van der Waals surface area contributed by atoms with E-state index in [9.17, 15) is 4.79 Å². The molecule has 0 aliphatic carbocycles. The molecule has 0 spiro atoms. The molecule has 0 bridgehead atoms. The Morgan fingerprint density at radius 2 is 1.93 bits per heavy atom. The van der Waals surface area contributed by atoms with Crippen LogP contribution in [0.4, 0.5) is 16.2 Å². The van der Waals surface area contributed by atoms with Gasteiger partial charge in [0.2, 0.25) is 0 Å². The number of benzene rings is 2. The number of fused-ring (bicyclic) bond motifs is 2. The lowest BCUT2D eigenvalue weighted by Crippen LogP contribution is -2.19. The summed E-state index contributed by atoms with van der Waals surface area (Å²) >= 11 is 5.89. The van der Waals surface area contributed by atoms with Crippen LogP contribution in [0.25, 0.3) is 21.9 Å². The second-order valence-electron chi connectivity index (χ2n) is 6.72. The maximum absolute atomic E-state index is 12.5. The number of nitrogens with zero attached hydrogens (tertiary/aromatic N) is 2. The van der Waals surface area contributed by atoms with E-state index in [0.29, 0.717) is 33.1 Å². The number of carbonyl (C=O) groups is 1. The van der Waals surface area contributed by atoms with Gasteiger partial charge >= 0.3 is 6.03 Å². The topological polar surface area (TPSA) is 74.7 Å². The van der Waals surface area contributed by atoms with Gasteiger partial charge in [0.15, 0.2) is 0 Å². The summed E-state index contributed by atoms with van der Waals surface area (Å²) in [4.78, 5) is 19.8. The van der Waals surface area contributed by atoms with E-state index < -0.39 is 12.5 Å². The summed E-state index contributed by atoms with van der Waals surface area (Å²) < 4.78 is 19.3. The van der Waals surface area contributed by atoms with Crippen molar-refractivity contribution in [1.29, 1.82) is 0 Å². The number of aromatic amines is 1. The summed E-state index contributed by atoms with van der Waals surface area (Å²) in [6.07, 6.45) is 5.02. The van der Waals surface area contributed by atoms with Gasteiger partial charge in [0, 0.05) is 46.6 Å². The fourth-order valence-corrected chi connectivity index (χ4v) is 3.51. The summed E-state index contributed by atoms with van der Waals surface area (Å²) in [6.45, 7) is -1.84. The third-order valence-electron chi connectivity index (χ3n) is 4.78. The molecule has 2 aromatic carbocycles. The lowest BCUT2D eigenvalue weighted by Gasteiger charge is -2.10. The number of amides is 2. The Kier molecular flexibility index (Phi) is 4.06. The van der Waals surface area contributed by atoms with Crippen LogP contribution in [0.5, 0.6) is 0 Å². The molecular formula is C23H18ClN5O. The first-order valence-corrected chi connectivity index (χ1v) is 9.68. The van der Waals surface area contributed by atoms with Crippen molar-refractivity contribution in [2.45, 2.75) is 6.50 Å². The van der Waals surface area contributed by atoms with Gasteiger partial charge in [-0.25, -0.2) is 9.78 Å². The Labute approximate surface area is 180 Å². The van der Waals surface area contributed by atoms with Crippen LogP contribution in [-0.2, 0) is 6.50 Å². The maximum Gasteiger partial charge on any atom is 0.323 e. The Bertz CT molecular complexity index is 1440. The summed E-state index contributed by atoms with van der Waals surface area (Å²) in [5.74, 6) is 0. The van der Waals surface area contributed by atoms with Crippen molar-refractivity contribution in [3.8, 4) is 0 Å². The molecule has 7 heteroatoms. The number of urea groups is 1. The van der Waals surface area contributed by atoms with E-state index in [1.54, 1.807) is 71.7 Å². The summed E-state index contributed by atoms with van der Waals surface area (Å²) in [6, 6.07) is 17.1. The van der Waals surface area contributed by atoms with Crippen LogP contribution in [-0.4, -0.2) is 20.6 Å². The molecule has 0 fully saturated rings. The maximum atomic E-state index is 12.5. The second-order valence-corrected chi connectivity index (χ2v) is 7.16. The van der Waals surface area contributed by atoms with E-state index in [1.807, 2.05) is 12.1 Å². The van der Waals surface area contributed by atoms with E-state index in [4.69, 9.17) is 14.3 Å². The SMILES string of the molecule is [2H]C([2H])(c1ccnc2[nH]ccc12)n1ccc2c(NC(=O)Nc3ccc(Cl)cc3)cccc21. The number of hydrogen-bond donors (Lipinski definition) is 3. The normalized spacial score (nSPS) is 12.6. The Balaban J connectivity index is 1.48. The van der Waals surface area contributed by atoms with Crippen molar-refractivity contribution < 1.29 is 7.54 Å². The first-order chi connectivity index (χ1) is 15.4. The van der Waals surface area contributed by atoms with Crippen LogP contribution in [0.15, 0.2) is 79.3 Å². The molecule has 5 aromatic rings. The predicted octanol–water partition coefficient (Wildman–Crippen LogP) is 5.86. The minimum atomic E-state index is -1.84. The summed E-state index contributed by atoms with van der Waals surface area (Å²) in [7, 11) is 0. The van der Waals surface area contributed by atoms with Crippen LogP contribution in [0.2, 0.25) is 5.02 Å². The molecule has 0 aliphatic rings. The number of halogens is 1. The van der Waals surface area contributed by atoms with Crippen LogP contribution >= 0.6 is 11.6 Å². The van der Waals surface area contributed by atoms with Gasteiger partial charge in [-0.2, -0.15) is 0 Å². The van der Waals surface area contributed by atoms with Crippen LogP contribution in [0.1, 0.15) is 8.30 Å². The van der Waals surface area contributed by atoms with Crippen molar-refractivity contribution >= 4 is 50.9 Å². The van der Waals surface area contributed by atoms with Gasteiger partial charge in [-0.15, -0.1) is 0 Å². The van der Waals surface area contributed by atoms with Crippen LogP contribution < -0.4 is 10.6 Å². The zero-order chi connectivity index (χ0) is 22.3. The molecule has 2 amide bonds. The molecule has 30 heavy (non-hydrogen) atoms. The molecule has 0 saturated heterocycles. The average molecular weight is 418 g/mol. The minimum absolute atomic E-state index is 0.404. The van der Waals surface area contributed by atoms with Crippen molar-refractivity contribution in [2.75, 3.05) is 10.6 Å². The van der Waals surface area contributed by atoms with Crippen LogP contribution in [0, 0.1) is 0 Å². The van der Waals surface area contributed by atoms with Gasteiger partial charge < -0.3 is 20.2 Å².